The Bertz CT molecular complexity index is 1770. The van der Waals surface area contributed by atoms with E-state index in [4.69, 9.17) is 0 Å². The van der Waals surface area contributed by atoms with Crippen molar-refractivity contribution in [2.75, 3.05) is 0 Å². The first-order chi connectivity index (χ1) is 39.5. The molecular weight excluding hydrogens is 1010 g/mol. The predicted molar refractivity (Wildman–Crippen MR) is 341 cm³/mol. The summed E-state index contributed by atoms with van der Waals surface area (Å²) in [5.41, 5.74) is 7.29. The topological polar surface area (TPSA) is 245 Å². The fraction of sp³-hybridized carbons (Fsp3) is 0.435. The van der Waals surface area contributed by atoms with Crippen LogP contribution in [0.25, 0.3) is 0 Å². The van der Waals surface area contributed by atoms with E-state index in [9.17, 15) is 0 Å². The lowest BCUT2D eigenvalue weighted by atomic mass is 10.3. The van der Waals surface area contributed by atoms with E-state index in [2.05, 4.69) is 95.6 Å². The molecular formula is C62H107N19. The normalized spacial score (nSPS) is 7.44. The first kappa shape index (κ1) is 92.1. The number of nitrogens with zero attached hydrogens (tertiary/aromatic N) is 19. The van der Waals surface area contributed by atoms with Gasteiger partial charge in [0, 0.05) is 86.3 Å². The minimum absolute atomic E-state index is 0.711. The van der Waals surface area contributed by atoms with Gasteiger partial charge in [0.2, 0.25) is 0 Å². The highest BCUT2D eigenvalue weighted by atomic mass is 15.1. The summed E-state index contributed by atoms with van der Waals surface area (Å²) in [7, 11) is 0. The number of rotatable bonds is 0. The maximum atomic E-state index is 3.92. The van der Waals surface area contributed by atoms with Gasteiger partial charge in [-0.3, -0.25) is 15.0 Å². The molecule has 0 spiro atoms. The molecule has 19 heteroatoms. The number of aryl methyl sites for hydroxylation is 9. The van der Waals surface area contributed by atoms with Crippen LogP contribution in [0.5, 0.6) is 0 Å². The molecule has 0 saturated carbocycles. The third-order valence-electron chi connectivity index (χ3n) is 6.28. The first-order valence-electron chi connectivity index (χ1n) is 28.0. The SMILES string of the molecule is CC.CC.CC.CC.CC.CC.CC.CC.CC.Cc1cccnn1.Cc1ccncc1.Cc1ccncn1.Cc1ccnnc1.Cc1cnccn1.Cc1cncnc1.Cc1cncnn1.Cc1ncccn1.Cc1nccnn1. The lowest BCUT2D eigenvalue weighted by Gasteiger charge is -1.82. The van der Waals surface area contributed by atoms with Gasteiger partial charge in [0.1, 0.15) is 30.6 Å². The molecule has 0 radical (unpaired) electrons. The average Bonchev–Trinajstić information content (AvgIpc) is 3.55. The van der Waals surface area contributed by atoms with E-state index in [-0.39, 0.29) is 0 Å². The zero-order valence-corrected chi connectivity index (χ0v) is 55.0. The van der Waals surface area contributed by atoms with Crippen molar-refractivity contribution in [3.05, 3.63) is 212 Å². The highest BCUT2D eigenvalue weighted by Gasteiger charge is 1.80. The molecule has 0 saturated heterocycles. The Kier molecular flexibility index (Phi) is 100. The van der Waals surface area contributed by atoms with Crippen molar-refractivity contribution < 1.29 is 0 Å². The van der Waals surface area contributed by atoms with Crippen molar-refractivity contribution in [3.63, 3.8) is 0 Å². The van der Waals surface area contributed by atoms with Crippen molar-refractivity contribution in [2.45, 2.75) is 187 Å². The van der Waals surface area contributed by atoms with Gasteiger partial charge in [0.05, 0.1) is 35.7 Å². The van der Waals surface area contributed by atoms with Gasteiger partial charge in [-0.1, -0.05) is 125 Å². The summed E-state index contributed by atoms with van der Waals surface area (Å²) in [6, 6.07) is 13.3. The predicted octanol–water partition coefficient (Wildman–Crippen LogP) is 15.7. The average molecular weight is 1120 g/mol. The quantitative estimate of drug-likeness (QED) is 0.137. The number of aromatic nitrogens is 19. The van der Waals surface area contributed by atoms with Crippen molar-refractivity contribution in [3.8, 4) is 0 Å². The largest absolute Gasteiger partial charge is 0.265 e. The summed E-state index contributed by atoms with van der Waals surface area (Å²) < 4.78 is 0. The van der Waals surface area contributed by atoms with Gasteiger partial charge in [0.25, 0.3) is 0 Å². The van der Waals surface area contributed by atoms with Gasteiger partial charge < -0.3 is 0 Å². The second kappa shape index (κ2) is 88.3. The van der Waals surface area contributed by atoms with Crippen LogP contribution in [0, 0.1) is 62.3 Å². The van der Waals surface area contributed by atoms with Gasteiger partial charge in [-0.05, 0) is 121 Å². The van der Waals surface area contributed by atoms with Crippen LogP contribution in [0.15, 0.2) is 161 Å². The molecule has 0 atom stereocenters. The molecule has 0 aliphatic rings. The molecule has 9 aromatic rings. The Morgan fingerprint density at radius 1 is 0.222 bits per heavy atom. The first-order valence-corrected chi connectivity index (χ1v) is 28.0. The number of pyridine rings is 1. The summed E-state index contributed by atoms with van der Waals surface area (Å²) in [6.45, 7) is 53.2. The molecule has 0 unspecified atom stereocenters. The monoisotopic (exact) mass is 1120 g/mol. The fourth-order valence-electron chi connectivity index (χ4n) is 3.27. The maximum absolute atomic E-state index is 3.92. The zero-order chi connectivity index (χ0) is 64.0. The molecule has 0 N–H and O–H groups in total. The fourth-order valence-corrected chi connectivity index (χ4v) is 3.27. The molecule has 9 aromatic heterocycles. The molecule has 0 fully saturated rings. The number of hydrogen-bond donors (Lipinski definition) is 0. The molecule has 9 rings (SSSR count). The van der Waals surface area contributed by atoms with Crippen LogP contribution in [-0.4, -0.2) is 95.6 Å². The Balaban J connectivity index is -0.0000000993. The van der Waals surface area contributed by atoms with Crippen molar-refractivity contribution >= 4 is 0 Å². The van der Waals surface area contributed by atoms with E-state index in [0.717, 1.165) is 39.7 Å². The van der Waals surface area contributed by atoms with Gasteiger partial charge in [-0.25, -0.2) is 39.9 Å². The smallest absolute Gasteiger partial charge is 0.147 e. The van der Waals surface area contributed by atoms with Crippen molar-refractivity contribution in [1.82, 2.24) is 95.6 Å². The van der Waals surface area contributed by atoms with Crippen LogP contribution in [-0.2, 0) is 0 Å². The second-order valence-corrected chi connectivity index (χ2v) is 12.2. The van der Waals surface area contributed by atoms with Gasteiger partial charge in [-0.2, -0.15) is 30.6 Å². The minimum atomic E-state index is 0.711. The van der Waals surface area contributed by atoms with Crippen LogP contribution in [0.1, 0.15) is 176 Å². The van der Waals surface area contributed by atoms with Crippen molar-refractivity contribution in [1.29, 1.82) is 0 Å². The molecule has 0 amide bonds. The van der Waals surface area contributed by atoms with Crippen LogP contribution in [0.4, 0.5) is 0 Å². The van der Waals surface area contributed by atoms with Crippen LogP contribution in [0.2, 0.25) is 0 Å². The molecule has 0 aromatic carbocycles. The van der Waals surface area contributed by atoms with E-state index in [1.54, 1.807) is 112 Å². The second-order valence-electron chi connectivity index (χ2n) is 12.2. The highest BCUT2D eigenvalue weighted by Crippen LogP contribution is 1.89. The minimum Gasteiger partial charge on any atom is -0.265 e. The molecule has 450 valence electrons. The Morgan fingerprint density at radius 2 is 0.716 bits per heavy atom. The molecule has 0 aliphatic carbocycles. The third kappa shape index (κ3) is 85.8. The zero-order valence-electron chi connectivity index (χ0n) is 55.0. The van der Waals surface area contributed by atoms with E-state index in [1.165, 1.54) is 24.5 Å². The summed E-state index contributed by atoms with van der Waals surface area (Å²) >= 11 is 0. The summed E-state index contributed by atoms with van der Waals surface area (Å²) in [4.78, 5) is 42.0. The van der Waals surface area contributed by atoms with Gasteiger partial charge >= 0.3 is 0 Å². The van der Waals surface area contributed by atoms with Gasteiger partial charge in [-0.15, -0.1) is 10.2 Å². The molecule has 0 aliphatic heterocycles. The maximum Gasteiger partial charge on any atom is 0.147 e. The van der Waals surface area contributed by atoms with Crippen LogP contribution >= 0.6 is 0 Å². The molecule has 19 nitrogen and oxygen atoms in total. The van der Waals surface area contributed by atoms with Gasteiger partial charge in [0.15, 0.2) is 0 Å². The number of hydrogen-bond acceptors (Lipinski definition) is 19. The van der Waals surface area contributed by atoms with E-state index in [1.807, 2.05) is 216 Å². The standard InChI is InChI=1S/C6H7N.6C5H6N2.2C4H5N3.9C2H6/c1-6-2-4-7-5-3-6;1-5-2-6-4-7-3-5;1-5-4-6-2-3-7-5;1-5-2-3-6-4-7-5;1-5-2-3-6-7-4-5;1-5-6-3-2-4-7-5;1-5-3-2-4-6-7-5;1-4-2-5-3-6-7-4;1-4-5-2-3-6-7-4;9*1-2/h2-5H,1H3;6*2-4H,1H3;2*2-3H,1H3;9*1-2H3. The van der Waals surface area contributed by atoms with E-state index >= 15 is 0 Å². The highest BCUT2D eigenvalue weighted by molar-refractivity contribution is 5.06. The molecule has 9 heterocycles. The summed E-state index contributed by atoms with van der Waals surface area (Å²) in [5.74, 6) is 1.53. The Hall–Kier alpha value is -8.35. The lowest BCUT2D eigenvalue weighted by Crippen LogP contribution is -1.85. The molecule has 81 heavy (non-hydrogen) atoms. The third-order valence-corrected chi connectivity index (χ3v) is 6.28. The van der Waals surface area contributed by atoms with E-state index in [0.29, 0.717) is 5.82 Å². The Labute approximate surface area is 492 Å². The van der Waals surface area contributed by atoms with Crippen LogP contribution in [0.3, 0.4) is 0 Å². The summed E-state index contributed by atoms with van der Waals surface area (Å²) in [5, 5.41) is 29.0. The van der Waals surface area contributed by atoms with E-state index < -0.39 is 0 Å². The Morgan fingerprint density at radius 3 is 0.938 bits per heavy atom. The molecule has 0 bridgehead atoms. The van der Waals surface area contributed by atoms with Crippen molar-refractivity contribution in [2.24, 2.45) is 0 Å². The van der Waals surface area contributed by atoms with Crippen LogP contribution < -0.4 is 0 Å². The summed E-state index contributed by atoms with van der Waals surface area (Å²) in [6.07, 6.45) is 31.7. The lowest BCUT2D eigenvalue weighted by molar-refractivity contribution is 0.907.